The minimum absolute atomic E-state index is 0.134. The molecule has 8 heteroatoms. The predicted molar refractivity (Wildman–Crippen MR) is 90.3 cm³/mol. The molecule has 128 valence electrons. The van der Waals surface area contributed by atoms with Crippen LogP contribution >= 0.6 is 0 Å². The van der Waals surface area contributed by atoms with Gasteiger partial charge in [0.2, 0.25) is 0 Å². The molecule has 3 heterocycles. The molecular formula is C16H21N5O3. The summed E-state index contributed by atoms with van der Waals surface area (Å²) in [4.78, 5) is 47.1. The number of nitrogens with zero attached hydrogens (tertiary/aromatic N) is 4. The fourth-order valence-electron chi connectivity index (χ4n) is 2.91. The number of aryl methyl sites for hydroxylation is 1. The smallest absolute Gasteiger partial charge is 0.329 e. The molecule has 24 heavy (non-hydrogen) atoms. The lowest BCUT2D eigenvalue weighted by Gasteiger charge is -2.32. The van der Waals surface area contributed by atoms with E-state index in [0.717, 1.165) is 19.5 Å². The molecule has 0 aromatic carbocycles. The van der Waals surface area contributed by atoms with Gasteiger partial charge >= 0.3 is 5.69 Å². The first kappa shape index (κ1) is 16.4. The average molecular weight is 331 g/mol. The summed E-state index contributed by atoms with van der Waals surface area (Å²) in [6, 6.07) is 1.54. The standard InChI is InChI=1S/C16H21N5O3/c1-3-4-21-13-12(14(22)18-16(21)24)9-11(10-17-13)15(23)20-7-5-19(2)6-8-20/h9-10H,3-8H2,1-2H3,(H,18,22,24). The molecule has 0 radical (unpaired) electrons. The van der Waals surface area contributed by atoms with Gasteiger partial charge in [0, 0.05) is 38.9 Å². The third-order valence-electron chi connectivity index (χ3n) is 4.32. The molecule has 0 atom stereocenters. The number of pyridine rings is 1. The van der Waals surface area contributed by atoms with Crippen molar-refractivity contribution in [2.75, 3.05) is 33.2 Å². The summed E-state index contributed by atoms with van der Waals surface area (Å²) >= 11 is 0. The van der Waals surface area contributed by atoms with Crippen LogP contribution in [0.25, 0.3) is 11.0 Å². The van der Waals surface area contributed by atoms with Gasteiger partial charge in [0.1, 0.15) is 5.65 Å². The van der Waals surface area contributed by atoms with Gasteiger partial charge in [0.15, 0.2) is 0 Å². The Labute approximate surface area is 138 Å². The molecule has 3 rings (SSSR count). The SMILES string of the molecule is CCCn1c(=O)[nH]c(=O)c2cc(C(=O)N3CCN(C)CC3)cnc21. The summed E-state index contributed by atoms with van der Waals surface area (Å²) in [5.74, 6) is -0.134. The van der Waals surface area contributed by atoms with Gasteiger partial charge in [-0.25, -0.2) is 9.78 Å². The van der Waals surface area contributed by atoms with Crippen molar-refractivity contribution in [3.63, 3.8) is 0 Å². The Balaban J connectivity index is 2.01. The molecule has 2 aromatic rings. The lowest BCUT2D eigenvalue weighted by Crippen LogP contribution is -2.47. The van der Waals surface area contributed by atoms with Crippen LogP contribution in [0.1, 0.15) is 23.7 Å². The second-order valence-corrected chi connectivity index (χ2v) is 6.10. The number of hydrogen-bond acceptors (Lipinski definition) is 5. The number of aromatic amines is 1. The van der Waals surface area contributed by atoms with Crippen molar-refractivity contribution < 1.29 is 4.79 Å². The molecule has 0 bridgehead atoms. The van der Waals surface area contributed by atoms with E-state index in [-0.39, 0.29) is 11.3 Å². The van der Waals surface area contributed by atoms with E-state index >= 15 is 0 Å². The Kier molecular flexibility index (Phi) is 4.48. The van der Waals surface area contributed by atoms with Crippen LogP contribution in [0.2, 0.25) is 0 Å². The third-order valence-corrected chi connectivity index (χ3v) is 4.32. The van der Waals surface area contributed by atoms with Gasteiger partial charge in [-0.15, -0.1) is 0 Å². The van der Waals surface area contributed by atoms with E-state index in [1.54, 1.807) is 4.90 Å². The summed E-state index contributed by atoms with van der Waals surface area (Å²) < 4.78 is 1.43. The quantitative estimate of drug-likeness (QED) is 0.847. The van der Waals surface area contributed by atoms with Crippen LogP contribution in [0.5, 0.6) is 0 Å². The lowest BCUT2D eigenvalue weighted by atomic mass is 10.2. The largest absolute Gasteiger partial charge is 0.336 e. The van der Waals surface area contributed by atoms with Crippen molar-refractivity contribution in [2.24, 2.45) is 0 Å². The molecule has 8 nitrogen and oxygen atoms in total. The van der Waals surface area contributed by atoms with E-state index in [9.17, 15) is 14.4 Å². The number of nitrogens with one attached hydrogen (secondary N) is 1. The van der Waals surface area contributed by atoms with Crippen LogP contribution in [-0.4, -0.2) is 63.5 Å². The number of piperazine rings is 1. The normalized spacial score (nSPS) is 15.8. The summed E-state index contributed by atoms with van der Waals surface area (Å²) in [5.41, 5.74) is -0.289. The van der Waals surface area contributed by atoms with E-state index in [1.165, 1.54) is 16.8 Å². The van der Waals surface area contributed by atoms with Gasteiger partial charge < -0.3 is 9.80 Å². The molecule has 1 amide bonds. The maximum Gasteiger partial charge on any atom is 0.329 e. The molecule has 1 aliphatic rings. The van der Waals surface area contributed by atoms with Crippen LogP contribution in [0.4, 0.5) is 0 Å². The van der Waals surface area contributed by atoms with Crippen LogP contribution < -0.4 is 11.2 Å². The molecule has 0 aliphatic carbocycles. The number of likely N-dealkylation sites (N-methyl/N-ethyl adjacent to an activating group) is 1. The highest BCUT2D eigenvalue weighted by molar-refractivity contribution is 5.96. The number of amides is 1. The van der Waals surface area contributed by atoms with Crippen molar-refractivity contribution in [2.45, 2.75) is 19.9 Å². The minimum Gasteiger partial charge on any atom is -0.336 e. The molecule has 1 aliphatic heterocycles. The first-order valence-corrected chi connectivity index (χ1v) is 8.12. The lowest BCUT2D eigenvalue weighted by molar-refractivity contribution is 0.0664. The van der Waals surface area contributed by atoms with Crippen LogP contribution in [0.15, 0.2) is 21.9 Å². The number of carbonyl (C=O) groups excluding carboxylic acids is 1. The Bertz CT molecular complexity index is 877. The number of aromatic nitrogens is 3. The van der Waals surface area contributed by atoms with E-state index in [4.69, 9.17) is 0 Å². The van der Waals surface area contributed by atoms with Crippen molar-refractivity contribution in [1.82, 2.24) is 24.3 Å². The summed E-state index contributed by atoms with van der Waals surface area (Å²) in [7, 11) is 2.02. The van der Waals surface area contributed by atoms with Crippen LogP contribution in [0, 0.1) is 0 Å². The highest BCUT2D eigenvalue weighted by Crippen LogP contribution is 2.12. The van der Waals surface area contributed by atoms with Crippen molar-refractivity contribution >= 4 is 16.9 Å². The Morgan fingerprint density at radius 2 is 1.96 bits per heavy atom. The summed E-state index contributed by atoms with van der Waals surface area (Å²) in [6.07, 6.45) is 2.19. The summed E-state index contributed by atoms with van der Waals surface area (Å²) in [5, 5.41) is 0.267. The first-order chi connectivity index (χ1) is 11.5. The van der Waals surface area contributed by atoms with E-state index < -0.39 is 11.2 Å². The number of hydrogen-bond donors (Lipinski definition) is 1. The molecule has 0 saturated carbocycles. The van der Waals surface area contributed by atoms with Gasteiger partial charge in [0.25, 0.3) is 11.5 Å². The number of carbonyl (C=O) groups is 1. The number of fused-ring (bicyclic) bond motifs is 1. The van der Waals surface area contributed by atoms with Gasteiger partial charge in [-0.05, 0) is 19.5 Å². The van der Waals surface area contributed by atoms with Crippen LogP contribution in [0.3, 0.4) is 0 Å². The van der Waals surface area contributed by atoms with Crippen molar-refractivity contribution in [3.8, 4) is 0 Å². The highest BCUT2D eigenvalue weighted by Gasteiger charge is 2.21. The zero-order chi connectivity index (χ0) is 17.3. The molecule has 1 fully saturated rings. The van der Waals surface area contributed by atoms with Gasteiger partial charge in [-0.2, -0.15) is 0 Å². The Morgan fingerprint density at radius 1 is 1.25 bits per heavy atom. The average Bonchev–Trinajstić information content (AvgIpc) is 2.58. The zero-order valence-corrected chi connectivity index (χ0v) is 13.9. The molecule has 2 aromatic heterocycles. The van der Waals surface area contributed by atoms with Gasteiger partial charge in [-0.3, -0.25) is 19.1 Å². The van der Waals surface area contributed by atoms with E-state index in [0.29, 0.717) is 30.8 Å². The highest BCUT2D eigenvalue weighted by atomic mass is 16.2. The zero-order valence-electron chi connectivity index (χ0n) is 13.9. The van der Waals surface area contributed by atoms with E-state index in [2.05, 4.69) is 14.9 Å². The second kappa shape index (κ2) is 6.56. The first-order valence-electron chi connectivity index (χ1n) is 8.12. The molecule has 1 saturated heterocycles. The third kappa shape index (κ3) is 2.96. The monoisotopic (exact) mass is 331 g/mol. The number of rotatable bonds is 3. The Hall–Kier alpha value is -2.48. The molecule has 0 spiro atoms. The van der Waals surface area contributed by atoms with Crippen molar-refractivity contribution in [3.05, 3.63) is 38.7 Å². The second-order valence-electron chi connectivity index (χ2n) is 6.10. The summed E-state index contributed by atoms with van der Waals surface area (Å²) in [6.45, 7) is 5.35. The van der Waals surface area contributed by atoms with Gasteiger partial charge in [-0.1, -0.05) is 6.92 Å². The van der Waals surface area contributed by atoms with Gasteiger partial charge in [0.05, 0.1) is 10.9 Å². The number of H-pyrrole nitrogens is 1. The minimum atomic E-state index is -0.511. The van der Waals surface area contributed by atoms with E-state index in [1.807, 2.05) is 14.0 Å². The molecule has 0 unspecified atom stereocenters. The maximum absolute atomic E-state index is 12.6. The van der Waals surface area contributed by atoms with Crippen molar-refractivity contribution in [1.29, 1.82) is 0 Å². The fraction of sp³-hybridized carbons (Fsp3) is 0.500. The fourth-order valence-corrected chi connectivity index (χ4v) is 2.91. The topological polar surface area (TPSA) is 91.3 Å². The van der Waals surface area contributed by atoms with Crippen LogP contribution in [-0.2, 0) is 6.54 Å². The molecule has 1 N–H and O–H groups in total. The molecular weight excluding hydrogens is 310 g/mol. The Morgan fingerprint density at radius 3 is 2.62 bits per heavy atom. The predicted octanol–water partition coefficient (Wildman–Crippen LogP) is -0.118. The maximum atomic E-state index is 12.6.